The summed E-state index contributed by atoms with van der Waals surface area (Å²) in [5.74, 6) is -0.311. The van der Waals surface area contributed by atoms with Crippen molar-refractivity contribution >= 4 is 38.9 Å². The van der Waals surface area contributed by atoms with E-state index in [1.807, 2.05) is 26.0 Å². The number of carbonyl (C=O) groups excluding carboxylic acids is 1. The molecule has 0 spiro atoms. The highest BCUT2D eigenvalue weighted by molar-refractivity contribution is 7.89. The van der Waals surface area contributed by atoms with Crippen molar-refractivity contribution < 1.29 is 13.2 Å². The second-order valence-corrected chi connectivity index (χ2v) is 9.88. The molecule has 1 fully saturated rings. The minimum Gasteiger partial charge on any atom is -0.370 e. The summed E-state index contributed by atoms with van der Waals surface area (Å²) in [5, 5.41) is 3.46. The number of nitrogens with zero attached hydrogens (tertiary/aromatic N) is 2. The fourth-order valence-electron chi connectivity index (χ4n) is 3.26. The average Bonchev–Trinajstić information content (AvgIpc) is 3.22. The first-order chi connectivity index (χ1) is 13.7. The zero-order valence-corrected chi connectivity index (χ0v) is 18.4. The molecule has 1 N–H and O–H groups in total. The van der Waals surface area contributed by atoms with Crippen LogP contribution in [0.1, 0.15) is 37.0 Å². The minimum absolute atomic E-state index is 0.158. The molecule has 0 bridgehead atoms. The summed E-state index contributed by atoms with van der Waals surface area (Å²) in [5.41, 5.74) is 1.97. The Labute approximate surface area is 177 Å². The fraction of sp³-hybridized carbons (Fsp3) is 0.381. The molecule has 1 aliphatic rings. The first-order valence-corrected chi connectivity index (χ1v) is 11.5. The molecule has 3 rings (SSSR count). The van der Waals surface area contributed by atoms with Crippen LogP contribution in [0.2, 0.25) is 5.02 Å². The highest BCUT2D eigenvalue weighted by atomic mass is 35.5. The van der Waals surface area contributed by atoms with Gasteiger partial charge in [0.25, 0.3) is 5.91 Å². The third kappa shape index (κ3) is 4.74. The van der Waals surface area contributed by atoms with E-state index in [1.54, 1.807) is 13.1 Å². The van der Waals surface area contributed by atoms with Gasteiger partial charge in [-0.2, -0.15) is 4.31 Å². The van der Waals surface area contributed by atoms with Crippen molar-refractivity contribution in [1.29, 1.82) is 0 Å². The molecule has 0 radical (unpaired) electrons. The van der Waals surface area contributed by atoms with Gasteiger partial charge in [0.15, 0.2) is 0 Å². The van der Waals surface area contributed by atoms with Gasteiger partial charge in [-0.05, 0) is 69.2 Å². The summed E-state index contributed by atoms with van der Waals surface area (Å²) in [6, 6.07) is 11.3. The number of halogens is 1. The molecule has 1 heterocycles. The van der Waals surface area contributed by atoms with Crippen LogP contribution >= 0.6 is 11.6 Å². The van der Waals surface area contributed by atoms with Crippen LogP contribution in [0.15, 0.2) is 47.4 Å². The lowest BCUT2D eigenvalue weighted by atomic mass is 10.2. The maximum Gasteiger partial charge on any atom is 0.255 e. The first-order valence-electron chi connectivity index (χ1n) is 9.64. The molecule has 0 saturated carbocycles. The molecule has 0 atom stereocenters. The summed E-state index contributed by atoms with van der Waals surface area (Å²) < 4.78 is 26.5. The van der Waals surface area contributed by atoms with E-state index in [-0.39, 0.29) is 16.8 Å². The molecule has 2 aromatic rings. The largest absolute Gasteiger partial charge is 0.370 e. The molecule has 1 amide bonds. The van der Waals surface area contributed by atoms with E-state index < -0.39 is 10.0 Å². The van der Waals surface area contributed by atoms with Gasteiger partial charge in [0, 0.05) is 36.8 Å². The predicted molar refractivity (Wildman–Crippen MR) is 117 cm³/mol. The molecule has 2 aromatic carbocycles. The van der Waals surface area contributed by atoms with Crippen LogP contribution < -0.4 is 10.2 Å². The van der Waals surface area contributed by atoms with E-state index in [0.29, 0.717) is 16.3 Å². The Balaban J connectivity index is 1.81. The third-order valence-electron chi connectivity index (χ3n) is 5.17. The smallest absolute Gasteiger partial charge is 0.255 e. The number of nitrogens with one attached hydrogen (secondary N) is 1. The van der Waals surface area contributed by atoms with E-state index in [9.17, 15) is 13.2 Å². The zero-order valence-electron chi connectivity index (χ0n) is 16.9. The van der Waals surface area contributed by atoms with Crippen LogP contribution in [0, 0.1) is 0 Å². The lowest BCUT2D eigenvalue weighted by Crippen LogP contribution is -2.33. The van der Waals surface area contributed by atoms with Crippen LogP contribution in [-0.4, -0.2) is 44.8 Å². The number of benzene rings is 2. The van der Waals surface area contributed by atoms with Crippen LogP contribution in [0.25, 0.3) is 0 Å². The SMILES string of the molecule is CC(C)N(C)S(=O)(=O)c1ccc(C(=O)Nc2cc(Cl)ccc2N2CCCC2)cc1. The van der Waals surface area contributed by atoms with Crippen molar-refractivity contribution in [2.45, 2.75) is 37.6 Å². The van der Waals surface area contributed by atoms with Crippen molar-refractivity contribution in [1.82, 2.24) is 4.31 Å². The summed E-state index contributed by atoms with van der Waals surface area (Å²) >= 11 is 6.14. The van der Waals surface area contributed by atoms with Crippen LogP contribution in [0.5, 0.6) is 0 Å². The quantitative estimate of drug-likeness (QED) is 0.737. The minimum atomic E-state index is -3.59. The highest BCUT2D eigenvalue weighted by Crippen LogP contribution is 2.32. The van der Waals surface area contributed by atoms with Crippen molar-refractivity contribution in [3.63, 3.8) is 0 Å². The van der Waals surface area contributed by atoms with Crippen LogP contribution in [0.3, 0.4) is 0 Å². The number of sulfonamides is 1. The Kier molecular flexibility index (Phi) is 6.51. The monoisotopic (exact) mass is 435 g/mol. The van der Waals surface area contributed by atoms with E-state index in [4.69, 9.17) is 11.6 Å². The lowest BCUT2D eigenvalue weighted by molar-refractivity contribution is 0.102. The van der Waals surface area contributed by atoms with E-state index in [1.165, 1.54) is 28.6 Å². The number of amides is 1. The molecule has 0 aromatic heterocycles. The molecular formula is C21H26ClN3O3S. The number of hydrogen-bond donors (Lipinski definition) is 1. The van der Waals surface area contributed by atoms with Crippen LogP contribution in [-0.2, 0) is 10.0 Å². The predicted octanol–water partition coefficient (Wildman–Crippen LogP) is 4.22. The van der Waals surface area contributed by atoms with Gasteiger partial charge in [-0.3, -0.25) is 4.79 Å². The normalized spacial score (nSPS) is 14.6. The van der Waals surface area contributed by atoms with Gasteiger partial charge in [0.2, 0.25) is 10.0 Å². The molecule has 0 unspecified atom stereocenters. The topological polar surface area (TPSA) is 69.7 Å². The molecule has 156 valence electrons. The summed E-state index contributed by atoms with van der Waals surface area (Å²) in [7, 11) is -2.04. The Bertz CT molecular complexity index is 985. The highest BCUT2D eigenvalue weighted by Gasteiger charge is 2.23. The molecule has 0 aliphatic carbocycles. The van der Waals surface area contributed by atoms with Gasteiger partial charge in [-0.1, -0.05) is 11.6 Å². The zero-order chi connectivity index (χ0) is 21.2. The standard InChI is InChI=1S/C21H26ClN3O3S/c1-15(2)24(3)29(27,28)18-9-6-16(7-10-18)21(26)23-19-14-17(22)8-11-20(19)25-12-4-5-13-25/h6-11,14-15H,4-5,12-13H2,1-3H3,(H,23,26). The van der Waals surface area contributed by atoms with Gasteiger partial charge in [0.1, 0.15) is 0 Å². The van der Waals surface area contributed by atoms with Gasteiger partial charge < -0.3 is 10.2 Å². The van der Waals surface area contributed by atoms with Crippen molar-refractivity contribution in [3.8, 4) is 0 Å². The van der Waals surface area contributed by atoms with Crippen molar-refractivity contribution in [2.24, 2.45) is 0 Å². The number of anilines is 2. The average molecular weight is 436 g/mol. The summed E-state index contributed by atoms with van der Waals surface area (Å²) in [4.78, 5) is 15.1. The Morgan fingerprint density at radius 2 is 1.72 bits per heavy atom. The molecule has 6 nitrogen and oxygen atoms in total. The van der Waals surface area contributed by atoms with Gasteiger partial charge in [0.05, 0.1) is 16.3 Å². The van der Waals surface area contributed by atoms with Gasteiger partial charge >= 0.3 is 0 Å². The lowest BCUT2D eigenvalue weighted by Gasteiger charge is -2.22. The second-order valence-electron chi connectivity index (χ2n) is 7.45. The van der Waals surface area contributed by atoms with Crippen molar-refractivity contribution in [2.75, 3.05) is 30.4 Å². The maximum absolute atomic E-state index is 12.8. The van der Waals surface area contributed by atoms with Gasteiger partial charge in [-0.25, -0.2) is 8.42 Å². The molecule has 29 heavy (non-hydrogen) atoms. The van der Waals surface area contributed by atoms with Crippen LogP contribution in [0.4, 0.5) is 11.4 Å². The van der Waals surface area contributed by atoms with Crippen molar-refractivity contribution in [3.05, 3.63) is 53.1 Å². The Hall–Kier alpha value is -2.09. The second kappa shape index (κ2) is 8.73. The molecule has 1 saturated heterocycles. The summed E-state index contributed by atoms with van der Waals surface area (Å²) in [6.45, 7) is 5.51. The first kappa shape index (κ1) is 21.6. The molecular weight excluding hydrogens is 410 g/mol. The van der Waals surface area contributed by atoms with E-state index >= 15 is 0 Å². The fourth-order valence-corrected chi connectivity index (χ4v) is 4.80. The third-order valence-corrected chi connectivity index (χ3v) is 7.46. The summed E-state index contributed by atoms with van der Waals surface area (Å²) in [6.07, 6.45) is 2.24. The Morgan fingerprint density at radius 3 is 2.31 bits per heavy atom. The molecule has 1 aliphatic heterocycles. The van der Waals surface area contributed by atoms with E-state index in [0.717, 1.165) is 31.6 Å². The Morgan fingerprint density at radius 1 is 1.10 bits per heavy atom. The number of hydrogen-bond acceptors (Lipinski definition) is 4. The maximum atomic E-state index is 12.8. The van der Waals surface area contributed by atoms with Gasteiger partial charge in [-0.15, -0.1) is 0 Å². The molecule has 8 heteroatoms. The number of carbonyl (C=O) groups is 1. The van der Waals surface area contributed by atoms with E-state index in [2.05, 4.69) is 10.2 Å². The number of rotatable bonds is 6.